The Labute approximate surface area is 738 Å². The van der Waals surface area contributed by atoms with Crippen LogP contribution in [-0.2, 0) is 0 Å². The summed E-state index contributed by atoms with van der Waals surface area (Å²) in [5.41, 5.74) is 11.1. The molecule has 648 valence electrons. The third kappa shape index (κ3) is 46.6. The molecule has 0 N–H and O–H groups in total. The first-order valence-electron chi connectivity index (χ1n) is 50.4. The fourth-order valence-electron chi connectivity index (χ4n) is 19.3. The summed E-state index contributed by atoms with van der Waals surface area (Å²) in [5, 5.41) is 0. The van der Waals surface area contributed by atoms with E-state index in [0.717, 1.165) is 41.4 Å². The van der Waals surface area contributed by atoms with Gasteiger partial charge in [0.05, 0.1) is 0 Å². The molecular weight excluding hydrogens is 1440 g/mol. The van der Waals surface area contributed by atoms with Gasteiger partial charge in [-0.15, -0.1) is 0 Å². The van der Waals surface area contributed by atoms with E-state index in [1.54, 1.807) is 38.9 Å². The van der Waals surface area contributed by atoms with Crippen LogP contribution in [0, 0.1) is 0 Å². The minimum Gasteiger partial charge on any atom is -0.0885 e. The summed E-state index contributed by atoms with van der Waals surface area (Å²) in [5.74, 6) is 6.03. The van der Waals surface area contributed by atoms with Crippen LogP contribution in [-0.4, -0.2) is 0 Å². The molecule has 12 aliphatic carbocycles. The second-order valence-corrected chi connectivity index (χ2v) is 36.2. The lowest BCUT2D eigenvalue weighted by atomic mass is 9.80. The van der Waals surface area contributed by atoms with Crippen molar-refractivity contribution in [1.29, 1.82) is 0 Å². The van der Waals surface area contributed by atoms with Crippen molar-refractivity contribution in [3.8, 4) is 0 Å². The molecule has 0 atom stereocenters. The van der Waals surface area contributed by atoms with E-state index < -0.39 is 0 Å². The zero-order chi connectivity index (χ0) is 83.0. The fraction of sp³-hybridized carbons (Fsp3) is 0.517. The Morgan fingerprint density at radius 3 is 0.375 bits per heavy atom. The minimum absolute atomic E-state index is 0.860. The molecule has 7 fully saturated rings. The van der Waals surface area contributed by atoms with Crippen molar-refractivity contribution in [3.63, 3.8) is 0 Å². The van der Waals surface area contributed by atoms with Gasteiger partial charge >= 0.3 is 0 Å². The molecule has 0 bridgehead atoms. The molecule has 20 rings (SSSR count). The lowest BCUT2D eigenvalue weighted by molar-refractivity contribution is 0.435. The minimum atomic E-state index is 0.860. The third-order valence-electron chi connectivity index (χ3n) is 26.6. The van der Waals surface area contributed by atoms with Crippen LogP contribution in [0.15, 0.2) is 309 Å². The molecule has 12 aliphatic rings. The van der Waals surface area contributed by atoms with Crippen LogP contribution in [0.5, 0.6) is 0 Å². The molecule has 0 saturated heterocycles. The van der Waals surface area contributed by atoms with Gasteiger partial charge in [0.15, 0.2) is 0 Å². The van der Waals surface area contributed by atoms with Crippen molar-refractivity contribution >= 4 is 0 Å². The third-order valence-corrected chi connectivity index (χ3v) is 26.6. The lowest BCUT2D eigenvalue weighted by Gasteiger charge is -2.25. The van der Waals surface area contributed by atoms with E-state index in [1.807, 2.05) is 109 Å². The van der Waals surface area contributed by atoms with Crippen LogP contribution in [0.3, 0.4) is 0 Å². The van der Waals surface area contributed by atoms with E-state index in [1.165, 1.54) is 353 Å². The second-order valence-electron chi connectivity index (χ2n) is 36.2. The van der Waals surface area contributed by atoms with E-state index in [2.05, 4.69) is 200 Å². The predicted molar refractivity (Wildman–Crippen MR) is 530 cm³/mol. The number of rotatable bonds is 7. The van der Waals surface area contributed by atoms with Gasteiger partial charge in [-0.3, -0.25) is 0 Å². The Morgan fingerprint density at radius 2 is 0.233 bits per heavy atom. The maximum absolute atomic E-state index is 2.55. The molecule has 0 amide bonds. The van der Waals surface area contributed by atoms with Crippen LogP contribution in [0.25, 0.3) is 0 Å². The highest BCUT2D eigenvalue weighted by Gasteiger charge is 2.22. The van der Waals surface area contributed by atoms with E-state index in [-0.39, 0.29) is 0 Å². The van der Waals surface area contributed by atoms with E-state index >= 15 is 0 Å². The van der Waals surface area contributed by atoms with Gasteiger partial charge in [0.25, 0.3) is 0 Å². The average Bonchev–Trinajstić information content (AvgIpc) is 0.821. The first kappa shape index (κ1) is 97.9. The SMILES string of the molecule is C1=CCCCC1.C1=CCCCC1.C1=CCCCC1.C1=CCCCC1.C1=CCCCC1.c1cc(C2CCCCC2)cc(C2CCCCC2)c1.c1cc(C2CCCCC2)ccc1C1CCCCC1.c1ccc(C2CCCCC2)cc1.c1ccc(C2CCCCC2)cc1.c1ccc(C2CCCCC2)cc1.c1ccccc1.c1ccccc1.c1ccccc1. The first-order chi connectivity index (χ1) is 59.8. The topological polar surface area (TPSA) is 0 Å². The first-order valence-corrected chi connectivity index (χ1v) is 50.4. The van der Waals surface area contributed by atoms with Gasteiger partial charge in [0, 0.05) is 0 Å². The molecule has 0 spiro atoms. The largest absolute Gasteiger partial charge is 0.0885 e. The number of hydrogen-bond donors (Lipinski definition) is 0. The lowest BCUT2D eigenvalue weighted by Crippen LogP contribution is -2.07. The summed E-state index contributed by atoms with van der Waals surface area (Å²) in [7, 11) is 0. The Bertz CT molecular complexity index is 3170. The summed E-state index contributed by atoms with van der Waals surface area (Å²) in [6.07, 6.45) is 100. The van der Waals surface area contributed by atoms with Gasteiger partial charge in [-0.05, 0) is 299 Å². The number of hydrogen-bond acceptors (Lipinski definition) is 0. The highest BCUT2D eigenvalue weighted by Crippen LogP contribution is 2.40. The van der Waals surface area contributed by atoms with Gasteiger partial charge in [0.2, 0.25) is 0 Å². The summed E-state index contributed by atoms with van der Waals surface area (Å²) in [4.78, 5) is 0. The Hall–Kier alpha value is -7.54. The smallest absolute Gasteiger partial charge is 0.0162 e. The number of benzene rings is 8. The molecule has 8 aromatic carbocycles. The Balaban J connectivity index is 0.000000166. The zero-order valence-corrected chi connectivity index (χ0v) is 75.9. The molecule has 7 saturated carbocycles. The molecule has 0 heterocycles. The molecule has 0 radical (unpaired) electrons. The van der Waals surface area contributed by atoms with Crippen LogP contribution in [0.1, 0.15) is 434 Å². The summed E-state index contributed by atoms with van der Waals surface area (Å²) >= 11 is 0. The zero-order valence-electron chi connectivity index (χ0n) is 75.9. The van der Waals surface area contributed by atoms with Crippen LogP contribution in [0.4, 0.5) is 0 Å². The van der Waals surface area contributed by atoms with E-state index in [4.69, 9.17) is 0 Å². The Kier molecular flexibility index (Phi) is 56.2. The van der Waals surface area contributed by atoms with Crippen molar-refractivity contribution in [2.75, 3.05) is 0 Å². The maximum atomic E-state index is 2.55. The second kappa shape index (κ2) is 68.9. The molecule has 8 aromatic rings. The molecule has 0 aliphatic heterocycles. The quantitative estimate of drug-likeness (QED) is 0.140. The van der Waals surface area contributed by atoms with Crippen LogP contribution < -0.4 is 0 Å². The summed E-state index contributed by atoms with van der Waals surface area (Å²) in [6, 6.07) is 88.2. The standard InChI is InChI=1S/2C18H26.3C12H16.5C6H10.3C6H6/c1-3-8-15(9-4-1)17-12-7-13-18(14-17)16-10-5-2-6-11-16;1-3-7-15(8-4-1)17-11-13-18(14-12-17)16-9-5-2-6-10-16;3*1-3-7-11(8-4-1)12-9-5-2-6-10-12;8*1-2-4-6-5-3-1/h7,12-16H,1-6,8-11H2;11-16H,1-10H2;3*1,3-4,7-8,12H,2,5-6,9-10H2;5*1-2H,3-6H2;3*1-6H. The highest BCUT2D eigenvalue weighted by atomic mass is 14.3. The van der Waals surface area contributed by atoms with Gasteiger partial charge in [-0.2, -0.15) is 0 Å². The Morgan fingerprint density at radius 1 is 0.108 bits per heavy atom. The van der Waals surface area contributed by atoms with Gasteiger partial charge < -0.3 is 0 Å². The van der Waals surface area contributed by atoms with Gasteiger partial charge in [0.1, 0.15) is 0 Å². The van der Waals surface area contributed by atoms with Crippen LogP contribution >= 0.6 is 0 Å². The maximum Gasteiger partial charge on any atom is -0.0162 e. The van der Waals surface area contributed by atoms with Crippen LogP contribution in [0.2, 0.25) is 0 Å². The fourth-order valence-corrected chi connectivity index (χ4v) is 19.3. The van der Waals surface area contributed by atoms with E-state index in [9.17, 15) is 0 Å². The molecule has 0 heteroatoms. The monoisotopic (exact) mass is 1610 g/mol. The highest BCUT2D eigenvalue weighted by molar-refractivity contribution is 5.31. The molecule has 0 nitrogen and oxygen atoms in total. The number of allylic oxidation sites excluding steroid dienone is 10. The van der Waals surface area contributed by atoms with Crippen molar-refractivity contribution < 1.29 is 0 Å². The van der Waals surface area contributed by atoms with Crippen molar-refractivity contribution in [2.45, 2.75) is 395 Å². The van der Waals surface area contributed by atoms with E-state index in [0.29, 0.717) is 0 Å². The summed E-state index contributed by atoms with van der Waals surface area (Å²) in [6.45, 7) is 0. The predicted octanol–water partition coefficient (Wildman–Crippen LogP) is 38.4. The van der Waals surface area contributed by atoms with Gasteiger partial charge in [-0.25, -0.2) is 0 Å². The summed E-state index contributed by atoms with van der Waals surface area (Å²) < 4.78 is 0. The van der Waals surface area contributed by atoms with Crippen molar-refractivity contribution in [1.82, 2.24) is 0 Å². The molecule has 0 aromatic heterocycles. The van der Waals surface area contributed by atoms with Gasteiger partial charge in [-0.1, -0.05) is 444 Å². The van der Waals surface area contributed by atoms with Crippen molar-refractivity contribution in [2.24, 2.45) is 0 Å². The normalized spacial score (nSPS) is 19.3. The van der Waals surface area contributed by atoms with Crippen molar-refractivity contribution in [3.05, 3.63) is 348 Å². The molecular formula is C120H168. The molecule has 0 unspecified atom stereocenters. The molecule has 120 heavy (non-hydrogen) atoms. The average molecular weight is 1610 g/mol.